The van der Waals surface area contributed by atoms with Crippen molar-refractivity contribution < 1.29 is 14.3 Å². The van der Waals surface area contributed by atoms with Gasteiger partial charge in [0.25, 0.3) is 0 Å². The average molecular weight is 319 g/mol. The molecule has 0 radical (unpaired) electrons. The molecular weight excluding hydrogens is 294 g/mol. The third kappa shape index (κ3) is 5.04. The number of nitrogens with two attached hydrogens (primary N) is 1. The van der Waals surface area contributed by atoms with E-state index < -0.39 is 6.10 Å². The van der Waals surface area contributed by atoms with Crippen LogP contribution in [0.5, 0.6) is 0 Å². The Labute approximate surface area is 137 Å². The Morgan fingerprint density at radius 1 is 1.30 bits per heavy atom. The normalized spacial score (nSPS) is 20.3. The molecule has 0 aliphatic carbocycles. The SMILES string of the molecule is CCN(Cc1ccccc1)C(=O)CNC(=O)[C@@H]1CC[C@H](CN)O1. The Hall–Kier alpha value is -1.92. The summed E-state index contributed by atoms with van der Waals surface area (Å²) in [5.74, 6) is -0.330. The second-order valence-corrected chi connectivity index (χ2v) is 5.67. The first-order valence-corrected chi connectivity index (χ1v) is 8.09. The topological polar surface area (TPSA) is 84.7 Å². The van der Waals surface area contributed by atoms with Crippen molar-refractivity contribution >= 4 is 11.8 Å². The lowest BCUT2D eigenvalue weighted by molar-refractivity contribution is -0.137. The fourth-order valence-corrected chi connectivity index (χ4v) is 2.64. The van der Waals surface area contributed by atoms with Gasteiger partial charge in [0.2, 0.25) is 11.8 Å². The molecule has 2 rings (SSSR count). The minimum Gasteiger partial charge on any atom is -0.364 e. The number of nitrogens with one attached hydrogen (secondary N) is 1. The van der Waals surface area contributed by atoms with Crippen molar-refractivity contribution in [3.63, 3.8) is 0 Å². The molecule has 0 saturated carbocycles. The number of hydrogen-bond donors (Lipinski definition) is 2. The van der Waals surface area contributed by atoms with Gasteiger partial charge in [0, 0.05) is 19.6 Å². The Morgan fingerprint density at radius 3 is 2.65 bits per heavy atom. The van der Waals surface area contributed by atoms with E-state index in [1.165, 1.54) is 0 Å². The molecule has 1 saturated heterocycles. The van der Waals surface area contributed by atoms with Gasteiger partial charge in [-0.3, -0.25) is 9.59 Å². The number of amides is 2. The van der Waals surface area contributed by atoms with Gasteiger partial charge in [-0.1, -0.05) is 30.3 Å². The van der Waals surface area contributed by atoms with E-state index in [0.717, 1.165) is 12.0 Å². The largest absolute Gasteiger partial charge is 0.364 e. The van der Waals surface area contributed by atoms with E-state index >= 15 is 0 Å². The summed E-state index contributed by atoms with van der Waals surface area (Å²) in [5, 5.41) is 2.67. The van der Waals surface area contributed by atoms with Gasteiger partial charge in [-0.2, -0.15) is 0 Å². The molecule has 0 unspecified atom stereocenters. The molecular formula is C17H25N3O3. The Bertz CT molecular complexity index is 521. The summed E-state index contributed by atoms with van der Waals surface area (Å²) in [4.78, 5) is 26.0. The summed E-state index contributed by atoms with van der Waals surface area (Å²) in [7, 11) is 0. The zero-order chi connectivity index (χ0) is 16.7. The van der Waals surface area contributed by atoms with Gasteiger partial charge in [0.05, 0.1) is 12.6 Å². The van der Waals surface area contributed by atoms with Gasteiger partial charge in [-0.05, 0) is 25.3 Å². The van der Waals surface area contributed by atoms with Crippen LogP contribution in [0.15, 0.2) is 30.3 Å². The molecule has 1 aromatic carbocycles. The number of nitrogens with zero attached hydrogens (tertiary/aromatic N) is 1. The molecule has 0 spiro atoms. The van der Waals surface area contributed by atoms with Crippen LogP contribution in [-0.2, 0) is 20.9 Å². The predicted octanol–water partition coefficient (Wildman–Crippen LogP) is 0.658. The fourth-order valence-electron chi connectivity index (χ4n) is 2.64. The minimum absolute atomic E-state index is 0.00728. The molecule has 1 fully saturated rings. The van der Waals surface area contributed by atoms with E-state index in [0.29, 0.717) is 26.1 Å². The third-order valence-electron chi connectivity index (χ3n) is 4.03. The fraction of sp³-hybridized carbons (Fsp3) is 0.529. The van der Waals surface area contributed by atoms with Crippen LogP contribution in [-0.4, -0.2) is 48.6 Å². The van der Waals surface area contributed by atoms with Crippen molar-refractivity contribution in [3.05, 3.63) is 35.9 Å². The number of likely N-dealkylation sites (N-methyl/N-ethyl adjacent to an activating group) is 1. The lowest BCUT2D eigenvalue weighted by Gasteiger charge is -2.21. The van der Waals surface area contributed by atoms with Crippen molar-refractivity contribution in [1.29, 1.82) is 0 Å². The molecule has 6 heteroatoms. The summed E-state index contributed by atoms with van der Waals surface area (Å²) >= 11 is 0. The van der Waals surface area contributed by atoms with E-state index in [1.807, 2.05) is 37.3 Å². The molecule has 2 amide bonds. The van der Waals surface area contributed by atoms with Gasteiger partial charge in [-0.15, -0.1) is 0 Å². The lowest BCUT2D eigenvalue weighted by Crippen LogP contribution is -2.43. The minimum atomic E-state index is -0.486. The molecule has 0 bridgehead atoms. The number of benzene rings is 1. The van der Waals surface area contributed by atoms with Crippen LogP contribution in [0.3, 0.4) is 0 Å². The van der Waals surface area contributed by atoms with Gasteiger partial charge >= 0.3 is 0 Å². The summed E-state index contributed by atoms with van der Waals surface area (Å²) < 4.78 is 5.53. The van der Waals surface area contributed by atoms with Crippen LogP contribution < -0.4 is 11.1 Å². The summed E-state index contributed by atoms with van der Waals surface area (Å²) in [6, 6.07) is 9.79. The molecule has 1 aliphatic rings. The van der Waals surface area contributed by atoms with Crippen LogP contribution in [0, 0.1) is 0 Å². The molecule has 1 heterocycles. The second kappa shape index (κ2) is 8.64. The van der Waals surface area contributed by atoms with E-state index in [2.05, 4.69) is 5.32 Å². The van der Waals surface area contributed by atoms with Crippen LogP contribution in [0.4, 0.5) is 0 Å². The number of ether oxygens (including phenoxy) is 1. The molecule has 23 heavy (non-hydrogen) atoms. The van der Waals surface area contributed by atoms with Crippen LogP contribution in [0.25, 0.3) is 0 Å². The van der Waals surface area contributed by atoms with Gasteiger partial charge in [-0.25, -0.2) is 0 Å². The van der Waals surface area contributed by atoms with E-state index in [4.69, 9.17) is 10.5 Å². The predicted molar refractivity (Wildman–Crippen MR) is 87.5 cm³/mol. The zero-order valence-corrected chi connectivity index (χ0v) is 13.5. The number of carbonyl (C=O) groups excluding carboxylic acids is 2. The van der Waals surface area contributed by atoms with Crippen LogP contribution in [0.2, 0.25) is 0 Å². The summed E-state index contributed by atoms with van der Waals surface area (Å²) in [5.41, 5.74) is 6.60. The molecule has 1 aromatic rings. The zero-order valence-electron chi connectivity index (χ0n) is 13.5. The third-order valence-corrected chi connectivity index (χ3v) is 4.03. The van der Waals surface area contributed by atoms with E-state index in [9.17, 15) is 9.59 Å². The Balaban J connectivity index is 1.79. The first kappa shape index (κ1) is 17.4. The molecule has 2 atom stereocenters. The number of carbonyl (C=O) groups is 2. The van der Waals surface area contributed by atoms with E-state index in [1.54, 1.807) is 4.90 Å². The number of rotatable bonds is 7. The first-order valence-electron chi connectivity index (χ1n) is 8.09. The quantitative estimate of drug-likeness (QED) is 0.773. The van der Waals surface area contributed by atoms with Crippen molar-refractivity contribution in [3.8, 4) is 0 Å². The smallest absolute Gasteiger partial charge is 0.249 e. The Kier molecular flexibility index (Phi) is 6.55. The molecule has 0 aromatic heterocycles. The molecule has 6 nitrogen and oxygen atoms in total. The van der Waals surface area contributed by atoms with E-state index in [-0.39, 0.29) is 24.5 Å². The highest BCUT2D eigenvalue weighted by atomic mass is 16.5. The van der Waals surface area contributed by atoms with Gasteiger partial charge in [0.1, 0.15) is 6.10 Å². The van der Waals surface area contributed by atoms with Crippen molar-refractivity contribution in [2.75, 3.05) is 19.6 Å². The molecule has 3 N–H and O–H groups in total. The maximum Gasteiger partial charge on any atom is 0.249 e. The van der Waals surface area contributed by atoms with Gasteiger partial charge in [0.15, 0.2) is 0 Å². The molecule has 126 valence electrons. The standard InChI is InChI=1S/C17H25N3O3/c1-2-20(12-13-6-4-3-5-7-13)16(21)11-19-17(22)15-9-8-14(10-18)23-15/h3-7,14-15H,2,8-12,18H2,1H3,(H,19,22)/t14-,15+/m1/s1. The van der Waals surface area contributed by atoms with Crippen molar-refractivity contribution in [1.82, 2.24) is 10.2 Å². The number of hydrogen-bond acceptors (Lipinski definition) is 4. The highest BCUT2D eigenvalue weighted by molar-refractivity contribution is 5.87. The monoisotopic (exact) mass is 319 g/mol. The van der Waals surface area contributed by atoms with Crippen molar-refractivity contribution in [2.45, 2.75) is 38.5 Å². The highest BCUT2D eigenvalue weighted by Crippen LogP contribution is 2.18. The van der Waals surface area contributed by atoms with Gasteiger partial charge < -0.3 is 20.7 Å². The van der Waals surface area contributed by atoms with Crippen LogP contribution in [0.1, 0.15) is 25.3 Å². The second-order valence-electron chi connectivity index (χ2n) is 5.67. The van der Waals surface area contributed by atoms with Crippen LogP contribution >= 0.6 is 0 Å². The molecule has 1 aliphatic heterocycles. The average Bonchev–Trinajstić information content (AvgIpc) is 3.07. The lowest BCUT2D eigenvalue weighted by atomic mass is 10.2. The van der Waals surface area contributed by atoms with Crippen molar-refractivity contribution in [2.24, 2.45) is 5.73 Å². The Morgan fingerprint density at radius 2 is 2.04 bits per heavy atom. The maximum atomic E-state index is 12.3. The first-order chi connectivity index (χ1) is 11.1. The highest BCUT2D eigenvalue weighted by Gasteiger charge is 2.30. The summed E-state index contributed by atoms with van der Waals surface area (Å²) in [6.07, 6.45) is 0.910. The summed E-state index contributed by atoms with van der Waals surface area (Å²) in [6.45, 7) is 3.48. The maximum absolute atomic E-state index is 12.3.